The highest BCUT2D eigenvalue weighted by Crippen LogP contribution is 2.46. The Kier molecular flexibility index (Phi) is 7.96. The Labute approximate surface area is 268 Å². The standard InChI is InChI=1S/C32H33F2N7O4S/c1-32(2,3)45-31(42)39-29-18(11-35)24-27(36-13-22(33)28(24)46-29)23-21-16-44-15-20(21)19-12-37-30(38-26(19)25(23)34)41-7-5-17(14-41)40-6-4-9-43-10-8-40/h12-13,17H,4-10,14-16H2,1-3H3,(H,39,42)/t17-/m1/s1. The van der Waals surface area contributed by atoms with Gasteiger partial charge in [0.2, 0.25) is 5.95 Å². The zero-order chi connectivity index (χ0) is 32.2. The SMILES string of the molecule is CC(C)(C)OC(=O)Nc1sc2c(F)cnc(-c3c4c(c5cnc(N6CC[C@@H](N7CCCOCC7)C6)nc5c3F)COC4)c2c1C#N. The number of carbonyl (C=O) groups is 1. The van der Waals surface area contributed by atoms with Gasteiger partial charge in [-0.15, -0.1) is 11.3 Å². The molecule has 14 heteroatoms. The fourth-order valence-corrected chi connectivity index (χ4v) is 7.55. The number of hydrogen-bond acceptors (Lipinski definition) is 11. The van der Waals surface area contributed by atoms with Gasteiger partial charge in [-0.2, -0.15) is 5.26 Å². The summed E-state index contributed by atoms with van der Waals surface area (Å²) in [6.45, 7) is 10.2. The number of rotatable bonds is 4. The predicted octanol–water partition coefficient (Wildman–Crippen LogP) is 5.73. The lowest BCUT2D eigenvalue weighted by atomic mass is 9.94. The number of aromatic nitrogens is 3. The van der Waals surface area contributed by atoms with Crippen LogP contribution in [-0.4, -0.2) is 77.0 Å². The molecule has 6 heterocycles. The molecule has 7 rings (SSSR count). The summed E-state index contributed by atoms with van der Waals surface area (Å²) in [5.41, 5.74) is 0.717. The van der Waals surface area contributed by atoms with Gasteiger partial charge in [0.05, 0.1) is 42.0 Å². The first kappa shape index (κ1) is 30.6. The number of carbonyl (C=O) groups excluding carboxylic acids is 1. The van der Waals surface area contributed by atoms with Crippen molar-refractivity contribution in [3.8, 4) is 17.3 Å². The molecule has 3 aliphatic heterocycles. The van der Waals surface area contributed by atoms with Crippen LogP contribution < -0.4 is 10.2 Å². The molecule has 0 bridgehead atoms. The van der Waals surface area contributed by atoms with E-state index < -0.39 is 23.3 Å². The Morgan fingerprint density at radius 1 is 1.13 bits per heavy atom. The van der Waals surface area contributed by atoms with E-state index in [1.54, 1.807) is 27.0 Å². The fourth-order valence-electron chi connectivity index (χ4n) is 6.51. The lowest BCUT2D eigenvalue weighted by Crippen LogP contribution is -2.39. The lowest BCUT2D eigenvalue weighted by molar-refractivity contribution is 0.0636. The summed E-state index contributed by atoms with van der Waals surface area (Å²) >= 11 is 0.866. The van der Waals surface area contributed by atoms with Crippen LogP contribution in [0.5, 0.6) is 0 Å². The van der Waals surface area contributed by atoms with Crippen molar-refractivity contribution in [1.29, 1.82) is 5.26 Å². The Balaban J connectivity index is 1.32. The first-order valence-electron chi connectivity index (χ1n) is 15.3. The van der Waals surface area contributed by atoms with Crippen molar-refractivity contribution in [2.45, 2.75) is 58.5 Å². The van der Waals surface area contributed by atoms with Crippen molar-refractivity contribution in [2.24, 2.45) is 0 Å². The summed E-state index contributed by atoms with van der Waals surface area (Å²) in [4.78, 5) is 30.8. The minimum atomic E-state index is -0.797. The molecule has 3 aromatic heterocycles. The number of hydrogen-bond donors (Lipinski definition) is 1. The third-order valence-electron chi connectivity index (χ3n) is 8.54. The van der Waals surface area contributed by atoms with E-state index in [1.807, 2.05) is 0 Å². The maximum Gasteiger partial charge on any atom is 0.412 e. The highest BCUT2D eigenvalue weighted by Gasteiger charge is 2.33. The maximum atomic E-state index is 16.9. The fraction of sp³-hybridized carbons (Fsp3) is 0.469. The highest BCUT2D eigenvalue weighted by molar-refractivity contribution is 7.23. The van der Waals surface area contributed by atoms with Crippen molar-refractivity contribution >= 4 is 49.4 Å². The molecule has 1 aromatic carbocycles. The monoisotopic (exact) mass is 649 g/mol. The second-order valence-electron chi connectivity index (χ2n) is 12.7. The lowest BCUT2D eigenvalue weighted by Gasteiger charge is -2.26. The summed E-state index contributed by atoms with van der Waals surface area (Å²) in [5, 5.41) is 13.5. The van der Waals surface area contributed by atoms with Crippen molar-refractivity contribution in [2.75, 3.05) is 49.6 Å². The predicted molar refractivity (Wildman–Crippen MR) is 169 cm³/mol. The van der Waals surface area contributed by atoms with Gasteiger partial charge in [-0.25, -0.2) is 23.5 Å². The molecule has 0 spiro atoms. The molecule has 4 aromatic rings. The molecule has 3 aliphatic rings. The summed E-state index contributed by atoms with van der Waals surface area (Å²) < 4.78 is 48.9. The van der Waals surface area contributed by atoms with E-state index in [9.17, 15) is 10.1 Å². The Hall–Kier alpha value is -4.03. The van der Waals surface area contributed by atoms with Gasteiger partial charge >= 0.3 is 6.09 Å². The molecule has 1 amide bonds. The van der Waals surface area contributed by atoms with E-state index in [2.05, 4.69) is 31.2 Å². The molecule has 46 heavy (non-hydrogen) atoms. The van der Waals surface area contributed by atoms with Crippen LogP contribution in [-0.2, 0) is 27.4 Å². The van der Waals surface area contributed by atoms with Crippen LogP contribution in [0.4, 0.5) is 24.5 Å². The van der Waals surface area contributed by atoms with Crippen molar-refractivity contribution in [1.82, 2.24) is 19.9 Å². The number of fused-ring (bicyclic) bond motifs is 4. The molecule has 2 saturated heterocycles. The topological polar surface area (TPSA) is 126 Å². The van der Waals surface area contributed by atoms with Crippen LogP contribution >= 0.6 is 11.3 Å². The first-order valence-corrected chi connectivity index (χ1v) is 16.1. The molecule has 240 valence electrons. The smallest absolute Gasteiger partial charge is 0.412 e. The zero-order valence-electron chi connectivity index (χ0n) is 25.8. The normalized spacial score (nSPS) is 19.0. The van der Waals surface area contributed by atoms with Gasteiger partial charge in [-0.3, -0.25) is 15.2 Å². The summed E-state index contributed by atoms with van der Waals surface area (Å²) in [5.74, 6) is -0.921. The Morgan fingerprint density at radius 2 is 1.96 bits per heavy atom. The number of thiophene rings is 1. The minimum Gasteiger partial charge on any atom is -0.444 e. The van der Waals surface area contributed by atoms with Crippen molar-refractivity contribution in [3.63, 3.8) is 0 Å². The second-order valence-corrected chi connectivity index (χ2v) is 13.7. The van der Waals surface area contributed by atoms with E-state index in [1.165, 1.54) is 0 Å². The van der Waals surface area contributed by atoms with Gasteiger partial charge in [-0.05, 0) is 44.7 Å². The largest absolute Gasteiger partial charge is 0.444 e. The van der Waals surface area contributed by atoms with Gasteiger partial charge in [-0.1, -0.05) is 0 Å². The maximum absolute atomic E-state index is 16.9. The first-order chi connectivity index (χ1) is 22.1. The van der Waals surface area contributed by atoms with Gasteiger partial charge in [0, 0.05) is 61.4 Å². The summed E-state index contributed by atoms with van der Waals surface area (Å²) in [7, 11) is 0. The molecule has 0 saturated carbocycles. The minimum absolute atomic E-state index is 0.0366. The van der Waals surface area contributed by atoms with E-state index >= 15 is 8.78 Å². The van der Waals surface area contributed by atoms with Gasteiger partial charge in [0.15, 0.2) is 11.6 Å². The Bertz CT molecular complexity index is 1900. The Morgan fingerprint density at radius 3 is 2.76 bits per heavy atom. The van der Waals surface area contributed by atoms with Crippen LogP contribution in [0.25, 0.3) is 32.2 Å². The number of amides is 1. The van der Waals surface area contributed by atoms with Crippen LogP contribution in [0, 0.1) is 23.0 Å². The number of ether oxygens (including phenoxy) is 3. The average Bonchev–Trinajstić information content (AvgIpc) is 3.73. The van der Waals surface area contributed by atoms with E-state index in [0.717, 1.165) is 68.7 Å². The highest BCUT2D eigenvalue weighted by atomic mass is 32.1. The molecule has 0 unspecified atom stereocenters. The number of nitrogens with one attached hydrogen (secondary N) is 1. The van der Waals surface area contributed by atoms with Crippen LogP contribution in [0.3, 0.4) is 0 Å². The molecule has 0 aliphatic carbocycles. The van der Waals surface area contributed by atoms with Crippen LogP contribution in [0.15, 0.2) is 12.4 Å². The molecule has 1 atom stereocenters. The molecule has 0 radical (unpaired) electrons. The molecule has 1 N–H and O–H groups in total. The second kappa shape index (κ2) is 12.0. The van der Waals surface area contributed by atoms with Crippen molar-refractivity contribution < 1.29 is 27.8 Å². The van der Waals surface area contributed by atoms with Crippen molar-refractivity contribution in [3.05, 3.63) is 40.7 Å². The molecule has 11 nitrogen and oxygen atoms in total. The summed E-state index contributed by atoms with van der Waals surface area (Å²) in [6, 6.07) is 2.40. The zero-order valence-corrected chi connectivity index (χ0v) is 26.6. The number of benzene rings is 1. The number of anilines is 2. The average molecular weight is 650 g/mol. The quantitative estimate of drug-likeness (QED) is 0.293. The third-order valence-corrected chi connectivity index (χ3v) is 9.65. The van der Waals surface area contributed by atoms with Crippen LogP contribution in [0.2, 0.25) is 0 Å². The third kappa shape index (κ3) is 5.51. The van der Waals surface area contributed by atoms with Gasteiger partial charge in [0.1, 0.15) is 22.2 Å². The van der Waals surface area contributed by atoms with E-state index in [4.69, 9.17) is 19.2 Å². The number of pyridine rings is 1. The number of nitrogens with zero attached hydrogens (tertiary/aromatic N) is 6. The number of nitriles is 1. The van der Waals surface area contributed by atoms with Crippen LogP contribution in [0.1, 0.15) is 50.3 Å². The van der Waals surface area contributed by atoms with E-state index in [-0.39, 0.29) is 50.6 Å². The van der Waals surface area contributed by atoms with E-state index in [0.29, 0.717) is 29.5 Å². The summed E-state index contributed by atoms with van der Waals surface area (Å²) in [6.07, 6.45) is 3.79. The molecular formula is C32H33F2N7O4S. The molecule has 2 fully saturated rings. The van der Waals surface area contributed by atoms with Gasteiger partial charge < -0.3 is 19.1 Å². The molecular weight excluding hydrogens is 616 g/mol. The number of halogens is 2. The van der Waals surface area contributed by atoms with Gasteiger partial charge in [0.25, 0.3) is 0 Å².